The van der Waals surface area contributed by atoms with Crippen LogP contribution in [0, 0.1) is 20.0 Å². The first-order valence-electron chi connectivity index (χ1n) is 6.69. The van der Waals surface area contributed by atoms with Crippen LogP contribution in [0.25, 0.3) is 0 Å². The van der Waals surface area contributed by atoms with E-state index in [1.807, 2.05) is 6.07 Å². The zero-order valence-electron chi connectivity index (χ0n) is 13.1. The first-order valence-corrected chi connectivity index (χ1v) is 6.69. The van der Waals surface area contributed by atoms with Gasteiger partial charge in [0, 0.05) is 17.4 Å². The summed E-state index contributed by atoms with van der Waals surface area (Å²) in [6.07, 6.45) is 1.24. The molecule has 2 atom stereocenters. The number of para-hydroxylation sites is 1. The molecule has 0 unspecified atom stereocenters. The Balaban J connectivity index is 0. The maximum Gasteiger partial charge on any atom is 0 e. The molecule has 0 saturated heterocycles. The predicted octanol–water partition coefficient (Wildman–Crippen LogP) is 3.85. The van der Waals surface area contributed by atoms with Crippen LogP contribution in [0.15, 0.2) is 54.6 Å². The molecule has 2 aromatic rings. The van der Waals surface area contributed by atoms with Gasteiger partial charge in [-0.3, -0.25) is 0 Å². The van der Waals surface area contributed by atoms with E-state index in [-0.39, 0.29) is 17.4 Å². The smallest absolute Gasteiger partial charge is 0 e. The van der Waals surface area contributed by atoms with Crippen LogP contribution in [0.5, 0.6) is 5.75 Å². The van der Waals surface area contributed by atoms with E-state index < -0.39 is 0 Å². The van der Waals surface area contributed by atoms with E-state index in [0.29, 0.717) is 11.8 Å². The molecular weight excluding hydrogens is 344 g/mol. The monoisotopic (exact) mass is 360 g/mol. The van der Waals surface area contributed by atoms with Gasteiger partial charge < -0.3 is 4.74 Å². The topological polar surface area (TPSA) is 68.9 Å². The third-order valence-electron chi connectivity index (χ3n) is 3.56. The number of methoxy groups -OCH3 is 1. The second kappa shape index (κ2) is 14.6. The van der Waals surface area contributed by atoms with Crippen LogP contribution < -0.4 is 4.74 Å². The average Bonchev–Trinajstić information content (AvgIpc) is 3.48. The van der Waals surface area contributed by atoms with Gasteiger partial charge in [0.2, 0.25) is 0 Å². The third-order valence-corrected chi connectivity index (χ3v) is 3.56. The van der Waals surface area contributed by atoms with Gasteiger partial charge in [0.05, 0.1) is 7.11 Å². The van der Waals surface area contributed by atoms with Crippen molar-refractivity contribution < 1.29 is 36.1 Å². The number of rotatable bonds is 3. The van der Waals surface area contributed by atoms with E-state index in [0.717, 1.165) is 5.75 Å². The molecule has 1 saturated carbocycles. The van der Waals surface area contributed by atoms with E-state index in [1.54, 1.807) is 7.11 Å². The standard InChI is InChI=1S/C16H16O.3CO.Cr/c1-17-16-10-6-5-9-13(16)15-11-14(15)12-7-3-2-4-8-12;3*1-2;/h2-10,14-15H,11H2,1H3;;;;/t14-,15+;;;;/m0..../s1. The normalized spacial score (nSPS) is 16.0. The van der Waals surface area contributed by atoms with Crippen molar-refractivity contribution in [2.24, 2.45) is 0 Å². The maximum atomic E-state index is 7.50. The van der Waals surface area contributed by atoms with E-state index in [1.165, 1.54) is 17.5 Å². The molecule has 0 N–H and O–H groups in total. The van der Waals surface area contributed by atoms with Crippen LogP contribution in [0.1, 0.15) is 29.4 Å². The van der Waals surface area contributed by atoms with E-state index in [2.05, 4.69) is 68.5 Å². The number of benzene rings is 2. The summed E-state index contributed by atoms with van der Waals surface area (Å²) < 4.78 is 27.9. The van der Waals surface area contributed by atoms with Crippen LogP contribution in [0.2, 0.25) is 0 Å². The number of hydrogen-bond acceptors (Lipinski definition) is 1. The molecule has 0 aromatic heterocycles. The van der Waals surface area contributed by atoms with Crippen molar-refractivity contribution in [3.05, 3.63) is 85.7 Å². The summed E-state index contributed by atoms with van der Waals surface area (Å²) in [5.74, 6) is 2.33. The van der Waals surface area contributed by atoms with E-state index >= 15 is 0 Å². The van der Waals surface area contributed by atoms with E-state index in [9.17, 15) is 0 Å². The fourth-order valence-corrected chi connectivity index (χ4v) is 2.58. The Morgan fingerprint density at radius 2 is 1.29 bits per heavy atom. The van der Waals surface area contributed by atoms with Gasteiger partial charge in [0.25, 0.3) is 0 Å². The minimum atomic E-state index is 0. The van der Waals surface area contributed by atoms with Crippen molar-refractivity contribution in [2.45, 2.75) is 18.3 Å². The van der Waals surface area contributed by atoms with Crippen LogP contribution in [0.4, 0.5) is 0 Å². The molecule has 0 amide bonds. The Bertz CT molecular complexity index is 620. The van der Waals surface area contributed by atoms with Crippen molar-refractivity contribution in [3.8, 4) is 5.75 Å². The molecule has 0 heterocycles. The molecule has 1 aliphatic rings. The maximum absolute atomic E-state index is 7.50. The van der Waals surface area contributed by atoms with Gasteiger partial charge in [0.1, 0.15) is 5.75 Å². The Morgan fingerprint density at radius 1 is 0.792 bits per heavy atom. The van der Waals surface area contributed by atoms with Gasteiger partial charge in [-0.25, -0.2) is 0 Å². The minimum absolute atomic E-state index is 0. The molecule has 3 rings (SSSR count). The Hall–Kier alpha value is -2.01. The Kier molecular flexibility index (Phi) is 14.7. The largest absolute Gasteiger partial charge is 0 e. The summed E-state index contributed by atoms with van der Waals surface area (Å²) in [5, 5.41) is 0. The molecule has 5 heteroatoms. The quantitative estimate of drug-likeness (QED) is 0.605. The van der Waals surface area contributed by atoms with Crippen LogP contribution in [-0.4, -0.2) is 7.11 Å². The Labute approximate surface area is 153 Å². The summed E-state index contributed by atoms with van der Waals surface area (Å²) in [6.45, 7) is 13.5. The second-order valence-corrected chi connectivity index (χ2v) is 4.60. The SMILES string of the molecule is COc1ccccc1[C@H]1C[C@H]1c1ccccc1.[C-]#[O+].[C-]#[O+].[C-]#[O+].[Cr]. The fourth-order valence-electron chi connectivity index (χ4n) is 2.58. The van der Waals surface area contributed by atoms with Crippen molar-refractivity contribution in [1.82, 2.24) is 0 Å². The molecule has 0 bridgehead atoms. The van der Waals surface area contributed by atoms with E-state index in [4.69, 9.17) is 18.7 Å². The van der Waals surface area contributed by atoms with Gasteiger partial charge in [-0.1, -0.05) is 48.5 Å². The first-order chi connectivity index (χ1) is 11.4. The molecule has 0 spiro atoms. The van der Waals surface area contributed by atoms with Crippen LogP contribution in [0.3, 0.4) is 0 Å². The van der Waals surface area contributed by atoms with Gasteiger partial charge in [0.15, 0.2) is 0 Å². The van der Waals surface area contributed by atoms with Crippen molar-refractivity contribution in [1.29, 1.82) is 0 Å². The zero-order valence-corrected chi connectivity index (χ0v) is 14.4. The van der Waals surface area contributed by atoms with Gasteiger partial charge >= 0.3 is 33.9 Å². The molecule has 122 valence electrons. The molecule has 1 aliphatic carbocycles. The molecule has 2 aromatic carbocycles. The summed E-state index contributed by atoms with van der Waals surface area (Å²) in [7, 11) is 1.75. The van der Waals surface area contributed by atoms with Crippen LogP contribution in [-0.2, 0) is 31.3 Å². The molecule has 24 heavy (non-hydrogen) atoms. The first kappa shape index (κ1) is 24.2. The second-order valence-electron chi connectivity index (χ2n) is 4.60. The summed E-state index contributed by atoms with van der Waals surface area (Å²) in [5.41, 5.74) is 2.80. The zero-order chi connectivity index (χ0) is 17.7. The van der Waals surface area contributed by atoms with Crippen molar-refractivity contribution >= 4 is 0 Å². The van der Waals surface area contributed by atoms with Gasteiger partial charge in [-0.2, -0.15) is 0 Å². The van der Waals surface area contributed by atoms with Crippen molar-refractivity contribution in [3.63, 3.8) is 0 Å². The predicted molar refractivity (Wildman–Crippen MR) is 81.3 cm³/mol. The molecule has 0 aliphatic heterocycles. The summed E-state index contributed by atoms with van der Waals surface area (Å²) in [6, 6.07) is 19.1. The Morgan fingerprint density at radius 3 is 1.83 bits per heavy atom. The third kappa shape index (κ3) is 6.63. The molecular formula is C19H16CrO4. The van der Waals surface area contributed by atoms with Crippen LogP contribution >= 0.6 is 0 Å². The fraction of sp³-hybridized carbons (Fsp3) is 0.211. The number of ether oxygens (including phenoxy) is 1. The molecule has 0 radical (unpaired) electrons. The summed E-state index contributed by atoms with van der Waals surface area (Å²) >= 11 is 0. The van der Waals surface area contributed by atoms with Gasteiger partial charge in [-0.05, 0) is 35.4 Å². The van der Waals surface area contributed by atoms with Gasteiger partial charge in [-0.15, -0.1) is 0 Å². The van der Waals surface area contributed by atoms with Crippen molar-refractivity contribution in [2.75, 3.05) is 7.11 Å². The minimum Gasteiger partial charge on any atom is 0 e. The summed E-state index contributed by atoms with van der Waals surface area (Å²) in [4.78, 5) is 0. The molecule has 4 nitrogen and oxygen atoms in total. The number of hydrogen-bond donors (Lipinski definition) is 0. The molecule has 1 fully saturated rings. The average molecular weight is 360 g/mol.